The van der Waals surface area contributed by atoms with Crippen LogP contribution < -0.4 is 0 Å². The summed E-state index contributed by atoms with van der Waals surface area (Å²) in [6.07, 6.45) is 3.46. The summed E-state index contributed by atoms with van der Waals surface area (Å²) in [5.74, 6) is 0. The van der Waals surface area contributed by atoms with Gasteiger partial charge in [-0.25, -0.2) is 9.97 Å². The molecule has 12 heavy (non-hydrogen) atoms. The van der Waals surface area contributed by atoms with Crippen LogP contribution in [0.1, 0.15) is 19.4 Å². The first-order chi connectivity index (χ1) is 5.86. The molecule has 0 amide bonds. The van der Waals surface area contributed by atoms with E-state index in [2.05, 4.69) is 15.0 Å². The molecule has 0 saturated carbocycles. The zero-order valence-electron chi connectivity index (χ0n) is 7.63. The summed E-state index contributed by atoms with van der Waals surface area (Å²) in [7, 11) is 0. The lowest BCUT2D eigenvalue weighted by molar-refractivity contribution is 1.28. The summed E-state index contributed by atoms with van der Waals surface area (Å²) in [6, 6.07) is 2.02. The number of hydrogen-bond donors (Lipinski definition) is 1. The Morgan fingerprint density at radius 2 is 2.00 bits per heavy atom. The standard InChI is InChI=1S/C7H7N3.C2H6/c1-5-2-6-7(8-3-5)10-4-9-6;1-2/h2-4H,1H3,(H,8,9,10);1-2H3. The average Bonchev–Trinajstić information content (AvgIpc) is 2.54. The maximum atomic E-state index is 4.10. The molecule has 2 aromatic heterocycles. The van der Waals surface area contributed by atoms with Gasteiger partial charge in [-0.1, -0.05) is 13.8 Å². The van der Waals surface area contributed by atoms with E-state index in [0.717, 1.165) is 16.7 Å². The third-order valence-corrected chi connectivity index (χ3v) is 1.41. The maximum Gasteiger partial charge on any atom is 0.177 e. The largest absolute Gasteiger partial charge is 0.343 e. The molecule has 0 bridgehead atoms. The smallest absolute Gasteiger partial charge is 0.177 e. The van der Waals surface area contributed by atoms with Crippen molar-refractivity contribution in [2.45, 2.75) is 20.8 Å². The van der Waals surface area contributed by atoms with E-state index < -0.39 is 0 Å². The van der Waals surface area contributed by atoms with Gasteiger partial charge in [-0.05, 0) is 18.6 Å². The van der Waals surface area contributed by atoms with Crippen molar-refractivity contribution < 1.29 is 0 Å². The highest BCUT2D eigenvalue weighted by atomic mass is 14.9. The van der Waals surface area contributed by atoms with Crippen LogP contribution in [0.2, 0.25) is 0 Å². The molecule has 0 radical (unpaired) electrons. The number of imidazole rings is 1. The summed E-state index contributed by atoms with van der Waals surface area (Å²) in [6.45, 7) is 6.01. The number of nitrogens with one attached hydrogen (secondary N) is 1. The van der Waals surface area contributed by atoms with Crippen LogP contribution in [0.5, 0.6) is 0 Å². The van der Waals surface area contributed by atoms with Crippen molar-refractivity contribution in [1.82, 2.24) is 15.0 Å². The molecule has 0 unspecified atom stereocenters. The molecule has 2 aromatic rings. The first-order valence-electron chi connectivity index (χ1n) is 4.12. The van der Waals surface area contributed by atoms with Crippen LogP contribution in [0, 0.1) is 6.92 Å². The van der Waals surface area contributed by atoms with E-state index in [1.807, 2.05) is 33.0 Å². The molecule has 0 fully saturated rings. The Morgan fingerprint density at radius 3 is 2.75 bits per heavy atom. The molecule has 0 aliphatic heterocycles. The van der Waals surface area contributed by atoms with E-state index in [4.69, 9.17) is 0 Å². The molecule has 64 valence electrons. The van der Waals surface area contributed by atoms with Crippen LogP contribution in [0.25, 0.3) is 11.2 Å². The number of aromatic amines is 1. The van der Waals surface area contributed by atoms with Gasteiger partial charge >= 0.3 is 0 Å². The number of nitrogens with zero attached hydrogens (tertiary/aromatic N) is 2. The minimum Gasteiger partial charge on any atom is -0.343 e. The van der Waals surface area contributed by atoms with Gasteiger partial charge in [-0.3, -0.25) is 0 Å². The predicted octanol–water partition coefficient (Wildman–Crippen LogP) is 2.29. The first kappa shape index (κ1) is 8.71. The topological polar surface area (TPSA) is 41.6 Å². The minimum absolute atomic E-state index is 0.783. The van der Waals surface area contributed by atoms with Gasteiger partial charge in [0, 0.05) is 6.20 Å². The zero-order valence-corrected chi connectivity index (χ0v) is 7.63. The summed E-state index contributed by atoms with van der Waals surface area (Å²) in [5.41, 5.74) is 2.93. The predicted molar refractivity (Wildman–Crippen MR) is 50.0 cm³/mol. The lowest BCUT2D eigenvalue weighted by Crippen LogP contribution is -1.77. The zero-order chi connectivity index (χ0) is 8.97. The van der Waals surface area contributed by atoms with Crippen LogP contribution >= 0.6 is 0 Å². The van der Waals surface area contributed by atoms with E-state index in [0.29, 0.717) is 0 Å². The van der Waals surface area contributed by atoms with Gasteiger partial charge in [0.15, 0.2) is 5.65 Å². The monoisotopic (exact) mass is 163 g/mol. The van der Waals surface area contributed by atoms with Crippen molar-refractivity contribution in [2.75, 3.05) is 0 Å². The molecular formula is C9H13N3. The van der Waals surface area contributed by atoms with E-state index in [9.17, 15) is 0 Å². The molecule has 3 heteroatoms. The number of aromatic nitrogens is 3. The third kappa shape index (κ3) is 1.61. The minimum atomic E-state index is 0.783. The molecule has 0 aliphatic rings. The van der Waals surface area contributed by atoms with Gasteiger partial charge in [0.1, 0.15) is 0 Å². The van der Waals surface area contributed by atoms with Crippen LogP contribution in [-0.4, -0.2) is 15.0 Å². The van der Waals surface area contributed by atoms with Crippen molar-refractivity contribution in [2.24, 2.45) is 0 Å². The number of hydrogen-bond acceptors (Lipinski definition) is 2. The van der Waals surface area contributed by atoms with E-state index >= 15 is 0 Å². The third-order valence-electron chi connectivity index (χ3n) is 1.41. The quantitative estimate of drug-likeness (QED) is 0.647. The van der Waals surface area contributed by atoms with Crippen LogP contribution in [0.4, 0.5) is 0 Å². The number of rotatable bonds is 0. The molecule has 0 aliphatic carbocycles. The molecule has 0 saturated heterocycles. The Kier molecular flexibility index (Phi) is 2.80. The lowest BCUT2D eigenvalue weighted by atomic mass is 10.3. The SMILES string of the molecule is CC.Cc1cnc2nc[nH]c2c1. The van der Waals surface area contributed by atoms with Crippen LogP contribution in [0.15, 0.2) is 18.6 Å². The van der Waals surface area contributed by atoms with Crippen LogP contribution in [-0.2, 0) is 0 Å². The molecule has 1 N–H and O–H groups in total. The van der Waals surface area contributed by atoms with E-state index in [-0.39, 0.29) is 0 Å². The number of H-pyrrole nitrogens is 1. The van der Waals surface area contributed by atoms with Crippen LogP contribution in [0.3, 0.4) is 0 Å². The Balaban J connectivity index is 0.000000336. The Hall–Kier alpha value is -1.38. The fourth-order valence-corrected chi connectivity index (χ4v) is 0.934. The molecule has 2 heterocycles. The number of aryl methyl sites for hydroxylation is 1. The highest BCUT2D eigenvalue weighted by Crippen LogP contribution is 2.06. The number of fused-ring (bicyclic) bond motifs is 1. The van der Waals surface area contributed by atoms with Crippen molar-refractivity contribution >= 4 is 11.2 Å². The Morgan fingerprint density at radius 1 is 1.25 bits per heavy atom. The van der Waals surface area contributed by atoms with Crippen molar-refractivity contribution in [3.63, 3.8) is 0 Å². The summed E-state index contributed by atoms with van der Waals surface area (Å²) < 4.78 is 0. The first-order valence-corrected chi connectivity index (χ1v) is 4.12. The van der Waals surface area contributed by atoms with Crippen molar-refractivity contribution in [1.29, 1.82) is 0 Å². The molecule has 0 spiro atoms. The van der Waals surface area contributed by atoms with Gasteiger partial charge < -0.3 is 4.98 Å². The summed E-state index contributed by atoms with van der Waals surface area (Å²) >= 11 is 0. The molecule has 0 aromatic carbocycles. The summed E-state index contributed by atoms with van der Waals surface area (Å²) in [4.78, 5) is 11.1. The average molecular weight is 163 g/mol. The fraction of sp³-hybridized carbons (Fsp3) is 0.333. The molecular weight excluding hydrogens is 150 g/mol. The normalized spacial score (nSPS) is 9.25. The molecule has 2 rings (SSSR count). The maximum absolute atomic E-state index is 4.10. The molecule has 0 atom stereocenters. The Bertz CT molecular complexity index is 351. The van der Waals surface area contributed by atoms with Gasteiger partial charge in [-0.15, -0.1) is 0 Å². The van der Waals surface area contributed by atoms with Crippen molar-refractivity contribution in [3.05, 3.63) is 24.2 Å². The highest BCUT2D eigenvalue weighted by molar-refractivity contribution is 5.69. The molecule has 3 nitrogen and oxygen atoms in total. The second kappa shape index (κ2) is 3.85. The van der Waals surface area contributed by atoms with Gasteiger partial charge in [0.05, 0.1) is 11.8 Å². The van der Waals surface area contributed by atoms with Crippen molar-refractivity contribution in [3.8, 4) is 0 Å². The second-order valence-electron chi connectivity index (χ2n) is 2.29. The fourth-order valence-electron chi connectivity index (χ4n) is 0.934. The van der Waals surface area contributed by atoms with Gasteiger partial charge in [0.25, 0.3) is 0 Å². The van der Waals surface area contributed by atoms with E-state index in [1.54, 1.807) is 6.33 Å². The van der Waals surface area contributed by atoms with E-state index in [1.165, 1.54) is 0 Å². The van der Waals surface area contributed by atoms with Gasteiger partial charge in [0.2, 0.25) is 0 Å². The number of pyridine rings is 1. The highest BCUT2D eigenvalue weighted by Gasteiger charge is 1.94. The second-order valence-corrected chi connectivity index (χ2v) is 2.29. The van der Waals surface area contributed by atoms with Gasteiger partial charge in [-0.2, -0.15) is 0 Å². The summed E-state index contributed by atoms with van der Waals surface area (Å²) in [5, 5.41) is 0. The lowest BCUT2D eigenvalue weighted by Gasteiger charge is -1.88. The Labute approximate surface area is 71.9 Å².